The van der Waals surface area contributed by atoms with Gasteiger partial charge in [0, 0.05) is 71.9 Å². The summed E-state index contributed by atoms with van der Waals surface area (Å²) in [5.41, 5.74) is -0.344. The van der Waals surface area contributed by atoms with Crippen molar-refractivity contribution in [2.24, 2.45) is 11.3 Å². The van der Waals surface area contributed by atoms with Gasteiger partial charge in [0.15, 0.2) is 0 Å². The van der Waals surface area contributed by atoms with Crippen LogP contribution < -0.4 is 5.32 Å². The first-order chi connectivity index (χ1) is 19.1. The van der Waals surface area contributed by atoms with Gasteiger partial charge in [-0.15, -0.1) is 0 Å². The van der Waals surface area contributed by atoms with E-state index >= 15 is 0 Å². The Balaban J connectivity index is 2.02. The van der Waals surface area contributed by atoms with E-state index in [1.165, 1.54) is 4.90 Å². The topological polar surface area (TPSA) is 191 Å². The lowest BCUT2D eigenvalue weighted by atomic mass is 9.80. The molecule has 0 bridgehead atoms. The van der Waals surface area contributed by atoms with Crippen molar-refractivity contribution in [3.63, 3.8) is 0 Å². The van der Waals surface area contributed by atoms with Crippen LogP contribution in [0.2, 0.25) is 0 Å². The third-order valence-corrected chi connectivity index (χ3v) is 7.32. The number of imide groups is 1. The fourth-order valence-electron chi connectivity index (χ4n) is 4.95. The monoisotopic (exact) mass is 584 g/mol. The molecule has 232 valence electrons. The molecule has 1 atom stereocenters. The van der Waals surface area contributed by atoms with Gasteiger partial charge in [0.1, 0.15) is 0 Å². The number of nitrogens with one attached hydrogen (secondary N) is 1. The number of carbonyl (C=O) groups excluding carboxylic acids is 3. The number of carboxylic acid groups (broad SMARTS) is 3. The molecule has 2 saturated heterocycles. The van der Waals surface area contributed by atoms with Gasteiger partial charge in [-0.05, 0) is 5.41 Å². The number of rotatable bonds is 11. The van der Waals surface area contributed by atoms with Crippen LogP contribution in [0.3, 0.4) is 0 Å². The first kappa shape index (κ1) is 34.1. The zero-order valence-electron chi connectivity index (χ0n) is 24.2. The summed E-state index contributed by atoms with van der Waals surface area (Å²) < 4.78 is 0. The van der Waals surface area contributed by atoms with E-state index in [0.717, 1.165) is 0 Å². The summed E-state index contributed by atoms with van der Waals surface area (Å²) in [6, 6.07) is 0. The average Bonchev–Trinajstić information content (AvgIpc) is 3.13. The number of hydrogen-bond donors (Lipinski definition) is 4. The summed E-state index contributed by atoms with van der Waals surface area (Å²) >= 11 is 0. The van der Waals surface area contributed by atoms with Gasteiger partial charge in [0.25, 0.3) is 0 Å². The van der Waals surface area contributed by atoms with Crippen LogP contribution in [0.5, 0.6) is 0 Å². The molecule has 15 nitrogen and oxygen atoms in total. The zero-order chi connectivity index (χ0) is 30.7. The van der Waals surface area contributed by atoms with Crippen LogP contribution in [0, 0.1) is 11.3 Å². The Morgan fingerprint density at radius 3 is 1.39 bits per heavy atom. The van der Waals surface area contributed by atoms with E-state index in [9.17, 15) is 44.1 Å². The van der Waals surface area contributed by atoms with E-state index in [1.54, 1.807) is 19.6 Å². The van der Waals surface area contributed by atoms with Crippen molar-refractivity contribution in [1.82, 2.24) is 29.8 Å². The Morgan fingerprint density at radius 1 is 0.707 bits per heavy atom. The predicted molar refractivity (Wildman–Crippen MR) is 146 cm³/mol. The molecule has 0 radical (unpaired) electrons. The second-order valence-electron chi connectivity index (χ2n) is 11.6. The summed E-state index contributed by atoms with van der Waals surface area (Å²) in [6.45, 7) is 7.46. The summed E-state index contributed by atoms with van der Waals surface area (Å²) in [5.74, 6) is -4.32. The van der Waals surface area contributed by atoms with Gasteiger partial charge >= 0.3 is 17.9 Å². The van der Waals surface area contributed by atoms with E-state index in [0.29, 0.717) is 26.2 Å². The predicted octanol–water partition coefficient (Wildman–Crippen LogP) is -2.00. The second kappa shape index (κ2) is 15.7. The van der Waals surface area contributed by atoms with Crippen molar-refractivity contribution in [3.05, 3.63) is 0 Å². The molecule has 0 aromatic carbocycles. The summed E-state index contributed by atoms with van der Waals surface area (Å²) in [6.07, 6.45) is 0.151. The molecule has 41 heavy (non-hydrogen) atoms. The molecule has 0 spiro atoms. The standard InChI is InChI=1S/C26H44N6O9/c1-26(2,3)19-14-21(34)32(25(19)41)5-4-27-20(33)15-28-6-8-29(16-22(35)36)10-12-31(18-24(39)40)13-11-30(9-7-28)17-23(37)38/h19H,4-18H2,1-3H3,(H,27,33)(H,35,36)(H,37,38)(H,39,40). The molecule has 0 aromatic heterocycles. The Kier molecular flexibility index (Phi) is 13.1. The van der Waals surface area contributed by atoms with Crippen LogP contribution in [0.15, 0.2) is 0 Å². The quantitative estimate of drug-likeness (QED) is 0.195. The van der Waals surface area contributed by atoms with Crippen LogP contribution in [0.4, 0.5) is 0 Å². The van der Waals surface area contributed by atoms with Crippen molar-refractivity contribution >= 4 is 35.6 Å². The lowest BCUT2D eigenvalue weighted by Crippen LogP contribution is -2.50. The summed E-state index contributed by atoms with van der Waals surface area (Å²) in [7, 11) is 0. The number of aliphatic carboxylic acids is 3. The molecule has 2 heterocycles. The Morgan fingerprint density at radius 2 is 1.07 bits per heavy atom. The highest BCUT2D eigenvalue weighted by atomic mass is 16.4. The van der Waals surface area contributed by atoms with Gasteiger partial charge in [-0.3, -0.25) is 53.3 Å². The van der Waals surface area contributed by atoms with Crippen molar-refractivity contribution in [3.8, 4) is 0 Å². The largest absolute Gasteiger partial charge is 0.480 e. The van der Waals surface area contributed by atoms with Gasteiger partial charge in [-0.2, -0.15) is 0 Å². The van der Waals surface area contributed by atoms with E-state index in [4.69, 9.17) is 0 Å². The SMILES string of the molecule is CC(C)(C)C1CC(=O)N(CCNC(=O)CN2CCN(CC(=O)O)CCN(CC(=O)O)CCN(CC(=O)O)CC2)C1=O. The van der Waals surface area contributed by atoms with Gasteiger partial charge in [-0.25, -0.2) is 0 Å². The molecule has 0 saturated carbocycles. The molecule has 3 amide bonds. The van der Waals surface area contributed by atoms with Crippen molar-refractivity contribution in [2.45, 2.75) is 27.2 Å². The summed E-state index contributed by atoms with van der Waals surface area (Å²) in [4.78, 5) is 80.0. The highest BCUT2D eigenvalue weighted by Gasteiger charge is 2.44. The fourth-order valence-corrected chi connectivity index (χ4v) is 4.95. The van der Waals surface area contributed by atoms with Crippen LogP contribution in [0.25, 0.3) is 0 Å². The molecule has 15 heteroatoms. The normalized spacial score (nSPS) is 21.3. The van der Waals surface area contributed by atoms with Gasteiger partial charge < -0.3 is 20.6 Å². The molecular weight excluding hydrogens is 540 g/mol. The molecule has 2 fully saturated rings. The van der Waals surface area contributed by atoms with Crippen LogP contribution in [-0.4, -0.2) is 167 Å². The fraction of sp³-hybridized carbons (Fsp3) is 0.769. The zero-order valence-corrected chi connectivity index (χ0v) is 24.2. The number of carbonyl (C=O) groups is 6. The lowest BCUT2D eigenvalue weighted by Gasteiger charge is -2.32. The number of amides is 3. The second-order valence-corrected chi connectivity index (χ2v) is 11.6. The molecular formula is C26H44N6O9. The lowest BCUT2D eigenvalue weighted by molar-refractivity contribution is -0.141. The van der Waals surface area contributed by atoms with Crippen molar-refractivity contribution in [1.29, 1.82) is 0 Å². The minimum absolute atomic E-state index is 0.0422. The third-order valence-electron chi connectivity index (χ3n) is 7.32. The maximum absolute atomic E-state index is 12.8. The summed E-state index contributed by atoms with van der Waals surface area (Å²) in [5, 5.41) is 30.7. The first-order valence-corrected chi connectivity index (χ1v) is 13.8. The average molecular weight is 585 g/mol. The van der Waals surface area contributed by atoms with Gasteiger partial charge in [-0.1, -0.05) is 20.8 Å². The third kappa shape index (κ3) is 12.1. The smallest absolute Gasteiger partial charge is 0.317 e. The molecule has 2 rings (SSSR count). The molecule has 0 aliphatic carbocycles. The molecule has 0 aromatic rings. The van der Waals surface area contributed by atoms with Crippen LogP contribution in [-0.2, 0) is 28.8 Å². The number of carboxylic acids is 3. The van der Waals surface area contributed by atoms with Crippen LogP contribution in [0.1, 0.15) is 27.2 Å². The maximum atomic E-state index is 12.8. The highest BCUT2D eigenvalue weighted by Crippen LogP contribution is 2.35. The Hall–Kier alpha value is -3.14. The maximum Gasteiger partial charge on any atom is 0.317 e. The molecule has 1 unspecified atom stereocenters. The number of nitrogens with zero attached hydrogens (tertiary/aromatic N) is 5. The number of likely N-dealkylation sites (tertiary alicyclic amines) is 1. The highest BCUT2D eigenvalue weighted by molar-refractivity contribution is 6.03. The Bertz CT molecular complexity index is 938. The minimum Gasteiger partial charge on any atom is -0.480 e. The first-order valence-electron chi connectivity index (χ1n) is 13.8. The van der Waals surface area contributed by atoms with Crippen LogP contribution >= 0.6 is 0 Å². The van der Waals surface area contributed by atoms with E-state index in [2.05, 4.69) is 5.32 Å². The minimum atomic E-state index is -1.03. The Labute approximate surface area is 240 Å². The molecule has 4 N–H and O–H groups in total. The number of hydrogen-bond acceptors (Lipinski definition) is 10. The van der Waals surface area contributed by atoms with E-state index in [1.807, 2.05) is 20.8 Å². The molecule has 2 aliphatic rings. The van der Waals surface area contributed by atoms with Gasteiger partial charge in [0.2, 0.25) is 17.7 Å². The van der Waals surface area contributed by atoms with Crippen molar-refractivity contribution in [2.75, 3.05) is 91.6 Å². The van der Waals surface area contributed by atoms with Crippen molar-refractivity contribution < 1.29 is 44.1 Å². The molecule has 2 aliphatic heterocycles. The van der Waals surface area contributed by atoms with E-state index < -0.39 is 23.8 Å². The van der Waals surface area contributed by atoms with E-state index in [-0.39, 0.29) is 95.0 Å². The van der Waals surface area contributed by atoms with Gasteiger partial charge in [0.05, 0.1) is 32.1 Å².